The van der Waals surface area contributed by atoms with Crippen LogP contribution in [0.3, 0.4) is 0 Å². The van der Waals surface area contributed by atoms with E-state index in [0.717, 1.165) is 22.0 Å². The molecule has 166 valence electrons. The number of carbonyl (C=O) groups is 2. The molecule has 0 bridgehead atoms. The van der Waals surface area contributed by atoms with Gasteiger partial charge in [0.2, 0.25) is 0 Å². The molecule has 2 N–H and O–H groups in total. The number of para-hydroxylation sites is 1. The molecule has 0 spiro atoms. The normalized spacial score (nSPS) is 10.6. The Labute approximate surface area is 196 Å². The number of halogens is 1. The monoisotopic (exact) mass is 459 g/mol. The van der Waals surface area contributed by atoms with Crippen LogP contribution in [0.2, 0.25) is 5.02 Å². The Hall–Kier alpha value is -3.90. The van der Waals surface area contributed by atoms with E-state index in [-0.39, 0.29) is 12.5 Å². The Morgan fingerprint density at radius 2 is 1.70 bits per heavy atom. The average molecular weight is 460 g/mol. The summed E-state index contributed by atoms with van der Waals surface area (Å²) in [6, 6.07) is 19.9. The van der Waals surface area contributed by atoms with Gasteiger partial charge in [0, 0.05) is 22.3 Å². The molecule has 0 saturated carbocycles. The van der Waals surface area contributed by atoms with Gasteiger partial charge in [-0.3, -0.25) is 4.79 Å². The first-order valence-corrected chi connectivity index (χ1v) is 10.8. The third kappa shape index (κ3) is 4.81. The molecule has 0 aliphatic carbocycles. The molecule has 33 heavy (non-hydrogen) atoms. The lowest BCUT2D eigenvalue weighted by Gasteiger charge is -2.14. The zero-order valence-electron chi connectivity index (χ0n) is 18.2. The van der Waals surface area contributed by atoms with Gasteiger partial charge in [-0.25, -0.2) is 9.78 Å². The number of rotatable bonds is 6. The quantitative estimate of drug-likeness (QED) is 0.327. The number of amides is 1. The molecular weight excluding hydrogens is 438 g/mol. The Kier molecular flexibility index (Phi) is 6.56. The van der Waals surface area contributed by atoms with E-state index in [2.05, 4.69) is 15.6 Å². The standard InChI is InChI=1S/C26H22ClN3O3/c1-3-33-26(32)20-10-6-7-11-23(20)30-25(31)21-15-28-24(19-9-5-4-8-18(19)21)29-17-13-12-16(2)22(27)14-17/h4-15H,3H2,1-2H3,(H,28,29)(H,30,31). The highest BCUT2D eigenvalue weighted by Gasteiger charge is 2.18. The Balaban J connectivity index is 1.67. The number of nitrogens with one attached hydrogen (secondary N) is 2. The number of aromatic nitrogens is 1. The molecule has 1 amide bonds. The first kappa shape index (κ1) is 22.3. The van der Waals surface area contributed by atoms with Gasteiger partial charge in [-0.15, -0.1) is 0 Å². The number of anilines is 3. The van der Waals surface area contributed by atoms with Crippen molar-refractivity contribution in [2.75, 3.05) is 17.2 Å². The van der Waals surface area contributed by atoms with Crippen molar-refractivity contribution < 1.29 is 14.3 Å². The number of nitrogens with zero attached hydrogens (tertiary/aromatic N) is 1. The van der Waals surface area contributed by atoms with Crippen LogP contribution in [0, 0.1) is 6.92 Å². The Bertz CT molecular complexity index is 1350. The zero-order valence-corrected chi connectivity index (χ0v) is 18.9. The van der Waals surface area contributed by atoms with Gasteiger partial charge in [0.15, 0.2) is 0 Å². The van der Waals surface area contributed by atoms with Gasteiger partial charge < -0.3 is 15.4 Å². The van der Waals surface area contributed by atoms with Crippen molar-refractivity contribution in [2.24, 2.45) is 0 Å². The predicted molar refractivity (Wildman–Crippen MR) is 132 cm³/mol. The molecule has 3 aromatic carbocycles. The lowest BCUT2D eigenvalue weighted by Crippen LogP contribution is -2.16. The van der Waals surface area contributed by atoms with E-state index in [0.29, 0.717) is 27.7 Å². The van der Waals surface area contributed by atoms with Crippen molar-refractivity contribution in [3.8, 4) is 0 Å². The smallest absolute Gasteiger partial charge is 0.340 e. The van der Waals surface area contributed by atoms with Gasteiger partial charge in [0.05, 0.1) is 23.4 Å². The van der Waals surface area contributed by atoms with Crippen molar-refractivity contribution in [3.63, 3.8) is 0 Å². The van der Waals surface area contributed by atoms with E-state index in [1.165, 1.54) is 6.20 Å². The van der Waals surface area contributed by atoms with Crippen LogP contribution in [0.4, 0.5) is 17.2 Å². The van der Waals surface area contributed by atoms with Crippen LogP contribution in [0.25, 0.3) is 10.8 Å². The number of aryl methyl sites for hydroxylation is 1. The van der Waals surface area contributed by atoms with Crippen LogP contribution in [0.15, 0.2) is 72.9 Å². The summed E-state index contributed by atoms with van der Waals surface area (Å²) in [5, 5.41) is 8.26. The second-order valence-corrected chi connectivity index (χ2v) is 7.78. The highest BCUT2D eigenvalue weighted by Crippen LogP contribution is 2.29. The molecule has 0 aliphatic heterocycles. The summed E-state index contributed by atoms with van der Waals surface area (Å²) in [4.78, 5) is 29.9. The predicted octanol–water partition coefficient (Wildman–Crippen LogP) is 6.37. The topological polar surface area (TPSA) is 80.3 Å². The van der Waals surface area contributed by atoms with Crippen LogP contribution in [0.5, 0.6) is 0 Å². The van der Waals surface area contributed by atoms with Gasteiger partial charge in [0.1, 0.15) is 5.82 Å². The number of pyridine rings is 1. The maximum atomic E-state index is 13.2. The Morgan fingerprint density at radius 3 is 2.45 bits per heavy atom. The second-order valence-electron chi connectivity index (χ2n) is 7.38. The molecule has 4 aromatic rings. The largest absolute Gasteiger partial charge is 0.462 e. The van der Waals surface area contributed by atoms with Gasteiger partial charge in [-0.2, -0.15) is 0 Å². The van der Waals surface area contributed by atoms with Gasteiger partial charge in [-0.05, 0) is 49.1 Å². The van der Waals surface area contributed by atoms with Gasteiger partial charge in [-0.1, -0.05) is 54.1 Å². The van der Waals surface area contributed by atoms with Crippen LogP contribution in [-0.2, 0) is 4.74 Å². The molecule has 0 radical (unpaired) electrons. The van der Waals surface area contributed by atoms with E-state index < -0.39 is 5.97 Å². The fourth-order valence-electron chi connectivity index (χ4n) is 3.45. The van der Waals surface area contributed by atoms with Crippen LogP contribution >= 0.6 is 11.6 Å². The van der Waals surface area contributed by atoms with Crippen molar-refractivity contribution in [3.05, 3.63) is 94.6 Å². The third-order valence-electron chi connectivity index (χ3n) is 5.14. The fourth-order valence-corrected chi connectivity index (χ4v) is 3.63. The number of ether oxygens (including phenoxy) is 1. The maximum Gasteiger partial charge on any atom is 0.340 e. The minimum Gasteiger partial charge on any atom is -0.462 e. The highest BCUT2D eigenvalue weighted by atomic mass is 35.5. The molecule has 0 aliphatic rings. The number of hydrogen-bond donors (Lipinski definition) is 2. The summed E-state index contributed by atoms with van der Waals surface area (Å²) in [5.41, 5.74) is 2.83. The molecule has 0 saturated heterocycles. The average Bonchev–Trinajstić information content (AvgIpc) is 2.82. The number of fused-ring (bicyclic) bond motifs is 1. The first-order chi connectivity index (χ1) is 16.0. The molecule has 0 atom stereocenters. The molecule has 1 heterocycles. The molecule has 4 rings (SSSR count). The summed E-state index contributed by atoms with van der Waals surface area (Å²) < 4.78 is 5.09. The van der Waals surface area contributed by atoms with E-state index in [4.69, 9.17) is 16.3 Å². The van der Waals surface area contributed by atoms with Crippen LogP contribution in [0.1, 0.15) is 33.2 Å². The Morgan fingerprint density at radius 1 is 0.970 bits per heavy atom. The van der Waals surface area contributed by atoms with E-state index in [9.17, 15) is 9.59 Å². The summed E-state index contributed by atoms with van der Waals surface area (Å²) in [7, 11) is 0. The van der Waals surface area contributed by atoms with Gasteiger partial charge in [0.25, 0.3) is 5.91 Å². The van der Waals surface area contributed by atoms with E-state index >= 15 is 0 Å². The summed E-state index contributed by atoms with van der Waals surface area (Å²) >= 11 is 6.25. The number of benzene rings is 3. The minimum atomic E-state index is -0.493. The summed E-state index contributed by atoms with van der Waals surface area (Å²) in [5.74, 6) is -0.262. The molecule has 0 unspecified atom stereocenters. The second kappa shape index (κ2) is 9.71. The van der Waals surface area contributed by atoms with Crippen molar-refractivity contribution in [2.45, 2.75) is 13.8 Å². The molecule has 7 heteroatoms. The third-order valence-corrected chi connectivity index (χ3v) is 5.55. The molecule has 0 fully saturated rings. The fraction of sp³-hybridized carbons (Fsp3) is 0.115. The number of carbonyl (C=O) groups excluding carboxylic acids is 2. The number of hydrogen-bond acceptors (Lipinski definition) is 5. The lowest BCUT2D eigenvalue weighted by molar-refractivity contribution is 0.0527. The zero-order chi connectivity index (χ0) is 23.4. The molecule has 1 aromatic heterocycles. The first-order valence-electron chi connectivity index (χ1n) is 10.5. The summed E-state index contributed by atoms with van der Waals surface area (Å²) in [6.45, 7) is 3.92. The molecule has 6 nitrogen and oxygen atoms in total. The maximum absolute atomic E-state index is 13.2. The van der Waals surface area contributed by atoms with Crippen molar-refractivity contribution in [1.29, 1.82) is 0 Å². The molecular formula is C26H22ClN3O3. The van der Waals surface area contributed by atoms with Crippen molar-refractivity contribution >= 4 is 51.4 Å². The van der Waals surface area contributed by atoms with Crippen LogP contribution < -0.4 is 10.6 Å². The number of esters is 1. The summed E-state index contributed by atoms with van der Waals surface area (Å²) in [6.07, 6.45) is 1.52. The highest BCUT2D eigenvalue weighted by molar-refractivity contribution is 6.31. The lowest BCUT2D eigenvalue weighted by atomic mass is 10.1. The SMILES string of the molecule is CCOC(=O)c1ccccc1NC(=O)c1cnc(Nc2ccc(C)c(Cl)c2)c2ccccc12. The van der Waals surface area contributed by atoms with Crippen LogP contribution in [-0.4, -0.2) is 23.5 Å². The van der Waals surface area contributed by atoms with E-state index in [1.54, 1.807) is 31.2 Å². The van der Waals surface area contributed by atoms with E-state index in [1.807, 2.05) is 49.4 Å². The van der Waals surface area contributed by atoms with Gasteiger partial charge >= 0.3 is 5.97 Å². The minimum absolute atomic E-state index is 0.246. The van der Waals surface area contributed by atoms with Crippen molar-refractivity contribution in [1.82, 2.24) is 4.98 Å².